The van der Waals surface area contributed by atoms with E-state index in [0.29, 0.717) is 18.9 Å². The second-order valence-corrected chi connectivity index (χ2v) is 3.75. The number of nitrogens with zero attached hydrogens (tertiary/aromatic N) is 2. The van der Waals surface area contributed by atoms with E-state index in [1.807, 2.05) is 0 Å². The van der Waals surface area contributed by atoms with Crippen molar-refractivity contribution in [2.24, 2.45) is 5.73 Å². The van der Waals surface area contributed by atoms with Crippen LogP contribution in [-0.4, -0.2) is 16.7 Å². The molecule has 1 heterocycles. The SMILES string of the molecule is Cc1cc(F)c(Nc2nnc(CCN)o2)cc1F. The minimum absolute atomic E-state index is 0.000558. The average Bonchev–Trinajstić information content (AvgIpc) is 2.74. The van der Waals surface area contributed by atoms with E-state index in [1.54, 1.807) is 0 Å². The van der Waals surface area contributed by atoms with Crippen LogP contribution in [0.4, 0.5) is 20.5 Å². The molecule has 2 rings (SSSR count). The molecule has 2 aromatic rings. The maximum Gasteiger partial charge on any atom is 0.320 e. The van der Waals surface area contributed by atoms with E-state index in [0.717, 1.165) is 12.1 Å². The van der Waals surface area contributed by atoms with Gasteiger partial charge >= 0.3 is 6.01 Å². The molecule has 0 aliphatic heterocycles. The maximum atomic E-state index is 13.5. The number of nitrogens with one attached hydrogen (secondary N) is 1. The van der Waals surface area contributed by atoms with E-state index < -0.39 is 11.6 Å². The molecular formula is C11H12F2N4O. The molecule has 96 valence electrons. The predicted molar refractivity (Wildman–Crippen MR) is 61.4 cm³/mol. The Balaban J connectivity index is 2.20. The molecule has 0 spiro atoms. The Morgan fingerprint density at radius 3 is 2.78 bits per heavy atom. The summed E-state index contributed by atoms with van der Waals surface area (Å²) in [7, 11) is 0. The summed E-state index contributed by atoms with van der Waals surface area (Å²) in [6.07, 6.45) is 0.430. The normalized spacial score (nSPS) is 10.7. The Morgan fingerprint density at radius 1 is 1.28 bits per heavy atom. The fourth-order valence-electron chi connectivity index (χ4n) is 1.39. The first-order chi connectivity index (χ1) is 8.60. The highest BCUT2D eigenvalue weighted by molar-refractivity contribution is 5.53. The van der Waals surface area contributed by atoms with Crippen LogP contribution in [0.1, 0.15) is 11.5 Å². The Morgan fingerprint density at radius 2 is 2.06 bits per heavy atom. The van der Waals surface area contributed by atoms with Crippen molar-refractivity contribution in [3.05, 3.63) is 35.2 Å². The average molecular weight is 254 g/mol. The summed E-state index contributed by atoms with van der Waals surface area (Å²) in [4.78, 5) is 0. The van der Waals surface area contributed by atoms with Crippen molar-refractivity contribution >= 4 is 11.7 Å². The number of rotatable bonds is 4. The van der Waals surface area contributed by atoms with Gasteiger partial charge in [0.1, 0.15) is 11.6 Å². The Kier molecular flexibility index (Phi) is 3.52. The second-order valence-electron chi connectivity index (χ2n) is 3.75. The Hall–Kier alpha value is -2.02. The van der Waals surface area contributed by atoms with Crippen molar-refractivity contribution in [1.82, 2.24) is 10.2 Å². The van der Waals surface area contributed by atoms with Gasteiger partial charge in [-0.15, -0.1) is 5.10 Å². The van der Waals surface area contributed by atoms with Crippen molar-refractivity contribution in [1.29, 1.82) is 0 Å². The van der Waals surface area contributed by atoms with Gasteiger partial charge in [0.2, 0.25) is 5.89 Å². The quantitative estimate of drug-likeness (QED) is 0.871. The highest BCUT2D eigenvalue weighted by atomic mass is 19.1. The standard InChI is InChI=1S/C11H12F2N4O/c1-6-4-8(13)9(5-7(6)12)15-11-17-16-10(18-11)2-3-14/h4-5H,2-3,14H2,1H3,(H,15,17). The number of benzene rings is 1. The molecule has 0 atom stereocenters. The molecule has 0 aliphatic carbocycles. The lowest BCUT2D eigenvalue weighted by atomic mass is 10.2. The van der Waals surface area contributed by atoms with Gasteiger partial charge < -0.3 is 15.5 Å². The molecule has 0 aliphatic rings. The zero-order chi connectivity index (χ0) is 13.1. The highest BCUT2D eigenvalue weighted by Gasteiger charge is 2.11. The van der Waals surface area contributed by atoms with E-state index in [-0.39, 0.29) is 17.3 Å². The van der Waals surface area contributed by atoms with Crippen LogP contribution in [0.3, 0.4) is 0 Å². The van der Waals surface area contributed by atoms with Crippen molar-refractivity contribution in [3.8, 4) is 0 Å². The third kappa shape index (κ3) is 2.62. The molecule has 0 saturated heterocycles. The molecule has 0 radical (unpaired) electrons. The molecule has 0 unspecified atom stereocenters. The van der Waals surface area contributed by atoms with E-state index in [9.17, 15) is 8.78 Å². The largest absolute Gasteiger partial charge is 0.408 e. The van der Waals surface area contributed by atoms with Crippen molar-refractivity contribution in [2.45, 2.75) is 13.3 Å². The number of aryl methyl sites for hydroxylation is 1. The summed E-state index contributed by atoms with van der Waals surface area (Å²) in [6.45, 7) is 1.85. The first kappa shape index (κ1) is 12.4. The van der Waals surface area contributed by atoms with E-state index >= 15 is 0 Å². The van der Waals surface area contributed by atoms with Gasteiger partial charge in [-0.1, -0.05) is 5.10 Å². The van der Waals surface area contributed by atoms with Gasteiger partial charge in [0.25, 0.3) is 0 Å². The van der Waals surface area contributed by atoms with Crippen molar-refractivity contribution < 1.29 is 13.2 Å². The Bertz CT molecular complexity index is 556. The minimum atomic E-state index is -0.590. The topological polar surface area (TPSA) is 77.0 Å². The summed E-state index contributed by atoms with van der Waals surface area (Å²) >= 11 is 0. The lowest BCUT2D eigenvalue weighted by Crippen LogP contribution is -2.02. The van der Waals surface area contributed by atoms with Crippen LogP contribution in [0, 0.1) is 18.6 Å². The molecule has 0 fully saturated rings. The van der Waals surface area contributed by atoms with Crippen LogP contribution in [0.15, 0.2) is 16.5 Å². The van der Waals surface area contributed by atoms with E-state index in [1.165, 1.54) is 6.92 Å². The van der Waals surface area contributed by atoms with Gasteiger partial charge in [-0.3, -0.25) is 0 Å². The molecule has 5 nitrogen and oxygen atoms in total. The van der Waals surface area contributed by atoms with Gasteiger partial charge in [0.15, 0.2) is 0 Å². The highest BCUT2D eigenvalue weighted by Crippen LogP contribution is 2.22. The minimum Gasteiger partial charge on any atom is -0.408 e. The van der Waals surface area contributed by atoms with E-state index in [4.69, 9.17) is 10.2 Å². The number of anilines is 2. The molecule has 0 bridgehead atoms. The fraction of sp³-hybridized carbons (Fsp3) is 0.273. The van der Waals surface area contributed by atoms with Gasteiger partial charge in [-0.25, -0.2) is 8.78 Å². The summed E-state index contributed by atoms with van der Waals surface area (Å²) < 4.78 is 32.0. The third-order valence-corrected chi connectivity index (χ3v) is 2.31. The predicted octanol–water partition coefficient (Wildman–Crippen LogP) is 1.90. The van der Waals surface area contributed by atoms with Crippen molar-refractivity contribution in [2.75, 3.05) is 11.9 Å². The van der Waals surface area contributed by atoms with Crippen LogP contribution in [0.2, 0.25) is 0 Å². The van der Waals surface area contributed by atoms with Crippen LogP contribution >= 0.6 is 0 Å². The van der Waals surface area contributed by atoms with E-state index in [2.05, 4.69) is 15.5 Å². The lowest BCUT2D eigenvalue weighted by Gasteiger charge is -2.04. The van der Waals surface area contributed by atoms with Gasteiger partial charge in [-0.2, -0.15) is 0 Å². The zero-order valence-corrected chi connectivity index (χ0v) is 9.70. The summed E-state index contributed by atoms with van der Waals surface area (Å²) in [5, 5.41) is 9.87. The summed E-state index contributed by atoms with van der Waals surface area (Å²) in [6, 6.07) is 2.13. The van der Waals surface area contributed by atoms with Crippen LogP contribution in [-0.2, 0) is 6.42 Å². The number of aromatic nitrogens is 2. The van der Waals surface area contributed by atoms with Crippen LogP contribution in [0.25, 0.3) is 0 Å². The summed E-state index contributed by atoms with van der Waals surface area (Å²) in [5.74, 6) is -0.763. The lowest BCUT2D eigenvalue weighted by molar-refractivity contribution is 0.508. The molecule has 0 amide bonds. The van der Waals surface area contributed by atoms with Crippen molar-refractivity contribution in [3.63, 3.8) is 0 Å². The molecular weight excluding hydrogens is 242 g/mol. The Labute approximate surface area is 102 Å². The number of nitrogens with two attached hydrogens (primary N) is 1. The molecule has 0 saturated carbocycles. The summed E-state index contributed by atoms with van der Waals surface area (Å²) in [5.41, 5.74) is 5.50. The van der Waals surface area contributed by atoms with Crippen LogP contribution in [0.5, 0.6) is 0 Å². The molecule has 1 aromatic carbocycles. The third-order valence-electron chi connectivity index (χ3n) is 2.31. The van der Waals surface area contributed by atoms with Gasteiger partial charge in [0.05, 0.1) is 5.69 Å². The maximum absolute atomic E-state index is 13.5. The molecule has 1 aromatic heterocycles. The molecule has 3 N–H and O–H groups in total. The number of hydrogen-bond donors (Lipinski definition) is 2. The first-order valence-electron chi connectivity index (χ1n) is 5.35. The fourth-order valence-corrected chi connectivity index (χ4v) is 1.39. The first-order valence-corrected chi connectivity index (χ1v) is 5.35. The smallest absolute Gasteiger partial charge is 0.320 e. The zero-order valence-electron chi connectivity index (χ0n) is 9.70. The molecule has 7 heteroatoms. The molecule has 18 heavy (non-hydrogen) atoms. The van der Waals surface area contributed by atoms with Crippen LogP contribution < -0.4 is 11.1 Å². The monoisotopic (exact) mass is 254 g/mol. The second kappa shape index (κ2) is 5.09. The van der Waals surface area contributed by atoms with Gasteiger partial charge in [-0.05, 0) is 18.6 Å². The number of hydrogen-bond acceptors (Lipinski definition) is 5. The van der Waals surface area contributed by atoms with Gasteiger partial charge in [0, 0.05) is 19.0 Å². The number of halogens is 2.